The summed E-state index contributed by atoms with van der Waals surface area (Å²) in [5.74, 6) is -0.222. The summed E-state index contributed by atoms with van der Waals surface area (Å²) < 4.78 is 38.3. The fourth-order valence-electron chi connectivity index (χ4n) is 1.47. The van der Waals surface area contributed by atoms with E-state index in [9.17, 15) is 12.8 Å². The second kappa shape index (κ2) is 3.70. The number of rotatable bonds is 3. The Kier molecular flexibility index (Phi) is 3.06. The van der Waals surface area contributed by atoms with Crippen LogP contribution in [-0.4, -0.2) is 21.0 Å². The first-order valence-electron chi connectivity index (χ1n) is 4.01. The molecule has 0 radical (unpaired) electrons. The van der Waals surface area contributed by atoms with Crippen molar-refractivity contribution in [2.45, 2.75) is 32.0 Å². The van der Waals surface area contributed by atoms with Crippen molar-refractivity contribution in [3.05, 3.63) is 0 Å². The third-order valence-electron chi connectivity index (χ3n) is 2.04. The van der Waals surface area contributed by atoms with Gasteiger partial charge in [-0.3, -0.25) is 0 Å². The second-order valence-electron chi connectivity index (χ2n) is 3.20. The van der Waals surface area contributed by atoms with E-state index >= 15 is 0 Å². The lowest BCUT2D eigenvalue weighted by molar-refractivity contribution is 0.0215. The molecule has 1 atom stereocenters. The predicted octanol–water partition coefficient (Wildman–Crippen LogP) is 1.45. The summed E-state index contributed by atoms with van der Waals surface area (Å²) in [6.45, 7) is 0. The van der Waals surface area contributed by atoms with Crippen LogP contribution in [0.25, 0.3) is 0 Å². The fourth-order valence-corrected chi connectivity index (χ4v) is 1.96. The molecule has 1 aliphatic rings. The van der Waals surface area contributed by atoms with Gasteiger partial charge in [0.05, 0.1) is 6.26 Å². The molecule has 3 nitrogen and oxygen atoms in total. The van der Waals surface area contributed by atoms with Crippen LogP contribution in [-0.2, 0) is 14.3 Å². The third kappa shape index (κ3) is 3.06. The largest absolute Gasteiger partial charge is 0.267 e. The average molecular weight is 196 g/mol. The Balaban J connectivity index is 2.42. The normalized spacial score (nSPS) is 22.8. The summed E-state index contributed by atoms with van der Waals surface area (Å²) in [5.41, 5.74) is 0. The first-order valence-corrected chi connectivity index (χ1v) is 5.83. The quantitative estimate of drug-likeness (QED) is 0.642. The minimum atomic E-state index is -3.64. The molecule has 0 aromatic carbocycles. The van der Waals surface area contributed by atoms with Gasteiger partial charge in [-0.05, 0) is 12.8 Å². The van der Waals surface area contributed by atoms with Gasteiger partial charge < -0.3 is 0 Å². The molecule has 1 rings (SSSR count). The van der Waals surface area contributed by atoms with Crippen LogP contribution in [0.5, 0.6) is 0 Å². The smallest absolute Gasteiger partial charge is 0.233 e. The van der Waals surface area contributed by atoms with Crippen molar-refractivity contribution in [2.24, 2.45) is 5.92 Å². The molecule has 0 aliphatic heterocycles. The Hall–Kier alpha value is -0.160. The van der Waals surface area contributed by atoms with E-state index in [1.165, 1.54) is 0 Å². The molecule has 1 fully saturated rings. The Bertz CT molecular complexity index is 231. The number of hydrogen-bond donors (Lipinski definition) is 0. The molecule has 1 saturated carbocycles. The van der Waals surface area contributed by atoms with Crippen molar-refractivity contribution in [1.82, 2.24) is 0 Å². The van der Waals surface area contributed by atoms with Crippen molar-refractivity contribution in [3.63, 3.8) is 0 Å². The number of hydrogen-bond acceptors (Lipinski definition) is 3. The summed E-state index contributed by atoms with van der Waals surface area (Å²) in [6.07, 6.45) is 2.64. The summed E-state index contributed by atoms with van der Waals surface area (Å²) in [5, 5.41) is 0. The maximum Gasteiger partial charge on any atom is 0.267 e. The van der Waals surface area contributed by atoms with Crippen LogP contribution in [0, 0.1) is 5.92 Å². The molecule has 0 bridgehead atoms. The highest BCUT2D eigenvalue weighted by Gasteiger charge is 2.27. The summed E-state index contributed by atoms with van der Waals surface area (Å²) in [7, 11) is -3.64. The molecule has 1 unspecified atom stereocenters. The summed E-state index contributed by atoms with van der Waals surface area (Å²) in [4.78, 5) is 0. The van der Waals surface area contributed by atoms with Crippen LogP contribution in [0.2, 0.25) is 0 Å². The van der Waals surface area contributed by atoms with Crippen LogP contribution in [0.4, 0.5) is 4.39 Å². The van der Waals surface area contributed by atoms with E-state index in [-0.39, 0.29) is 5.92 Å². The Morgan fingerprint density at radius 2 is 1.92 bits per heavy atom. The van der Waals surface area contributed by atoms with Gasteiger partial charge in [-0.2, -0.15) is 8.42 Å². The van der Waals surface area contributed by atoms with Crippen molar-refractivity contribution < 1.29 is 17.0 Å². The van der Waals surface area contributed by atoms with Gasteiger partial charge in [0.1, 0.15) is 0 Å². The van der Waals surface area contributed by atoms with E-state index in [4.69, 9.17) is 0 Å². The van der Waals surface area contributed by atoms with E-state index in [2.05, 4.69) is 4.18 Å². The van der Waals surface area contributed by atoms with Crippen molar-refractivity contribution in [1.29, 1.82) is 0 Å². The first-order chi connectivity index (χ1) is 5.49. The Morgan fingerprint density at radius 1 is 1.42 bits per heavy atom. The van der Waals surface area contributed by atoms with Crippen LogP contribution in [0.1, 0.15) is 25.7 Å². The van der Waals surface area contributed by atoms with Crippen LogP contribution in [0.3, 0.4) is 0 Å². The van der Waals surface area contributed by atoms with Crippen molar-refractivity contribution in [3.8, 4) is 0 Å². The van der Waals surface area contributed by atoms with Gasteiger partial charge in [-0.15, -0.1) is 0 Å². The van der Waals surface area contributed by atoms with Gasteiger partial charge in [-0.25, -0.2) is 8.57 Å². The van der Waals surface area contributed by atoms with Crippen molar-refractivity contribution in [2.75, 3.05) is 6.26 Å². The number of halogens is 1. The molecule has 5 heteroatoms. The van der Waals surface area contributed by atoms with Crippen LogP contribution in [0.15, 0.2) is 0 Å². The van der Waals surface area contributed by atoms with Gasteiger partial charge in [-0.1, -0.05) is 12.8 Å². The Morgan fingerprint density at radius 3 is 2.33 bits per heavy atom. The molecule has 1 aliphatic carbocycles. The minimum Gasteiger partial charge on any atom is -0.233 e. The molecule has 12 heavy (non-hydrogen) atoms. The van der Waals surface area contributed by atoms with E-state index in [1.807, 2.05) is 0 Å². The van der Waals surface area contributed by atoms with Crippen LogP contribution >= 0.6 is 0 Å². The van der Waals surface area contributed by atoms with Gasteiger partial charge in [0.2, 0.25) is 6.36 Å². The van der Waals surface area contributed by atoms with Gasteiger partial charge >= 0.3 is 0 Å². The SMILES string of the molecule is CS(=O)(=O)OC(F)C1CCCC1. The summed E-state index contributed by atoms with van der Waals surface area (Å²) in [6, 6.07) is 0. The van der Waals surface area contributed by atoms with E-state index in [0.29, 0.717) is 0 Å². The molecular weight excluding hydrogens is 183 g/mol. The van der Waals surface area contributed by atoms with Gasteiger partial charge in [0.25, 0.3) is 10.1 Å². The zero-order valence-electron chi connectivity index (χ0n) is 6.99. The molecular formula is C7H13FO3S. The standard InChI is InChI=1S/C7H13FO3S/c1-12(9,10)11-7(8)6-4-2-3-5-6/h6-7H,2-5H2,1H3. The Labute approximate surface area is 72.0 Å². The van der Waals surface area contributed by atoms with Gasteiger partial charge in [0, 0.05) is 5.92 Å². The molecule has 0 aromatic rings. The first kappa shape index (κ1) is 9.92. The topological polar surface area (TPSA) is 43.4 Å². The van der Waals surface area contributed by atoms with E-state index in [0.717, 1.165) is 31.9 Å². The molecule has 0 heterocycles. The predicted molar refractivity (Wildman–Crippen MR) is 42.8 cm³/mol. The van der Waals surface area contributed by atoms with Crippen LogP contribution < -0.4 is 0 Å². The van der Waals surface area contributed by atoms with Gasteiger partial charge in [0.15, 0.2) is 0 Å². The molecule has 0 aromatic heterocycles. The van der Waals surface area contributed by atoms with Crippen molar-refractivity contribution >= 4 is 10.1 Å². The van der Waals surface area contributed by atoms with E-state index in [1.54, 1.807) is 0 Å². The zero-order valence-corrected chi connectivity index (χ0v) is 7.81. The molecule has 0 N–H and O–H groups in total. The lowest BCUT2D eigenvalue weighted by Crippen LogP contribution is -2.20. The third-order valence-corrected chi connectivity index (χ3v) is 2.57. The highest BCUT2D eigenvalue weighted by molar-refractivity contribution is 7.86. The fraction of sp³-hybridized carbons (Fsp3) is 1.00. The highest BCUT2D eigenvalue weighted by Crippen LogP contribution is 2.30. The zero-order chi connectivity index (χ0) is 9.19. The molecule has 0 amide bonds. The number of alkyl halides is 1. The molecule has 0 spiro atoms. The van der Waals surface area contributed by atoms with E-state index < -0.39 is 16.5 Å². The maximum atomic E-state index is 13.0. The monoisotopic (exact) mass is 196 g/mol. The minimum absolute atomic E-state index is 0.222. The molecule has 0 saturated heterocycles. The maximum absolute atomic E-state index is 13.0. The summed E-state index contributed by atoms with van der Waals surface area (Å²) >= 11 is 0. The lowest BCUT2D eigenvalue weighted by Gasteiger charge is -2.13. The second-order valence-corrected chi connectivity index (χ2v) is 4.80. The highest BCUT2D eigenvalue weighted by atomic mass is 32.2. The average Bonchev–Trinajstić information content (AvgIpc) is 2.32. The molecule has 72 valence electrons. The lowest BCUT2D eigenvalue weighted by atomic mass is 10.1.